The minimum atomic E-state index is -4.10. The van der Waals surface area contributed by atoms with E-state index in [9.17, 15) is 18.0 Å². The number of amides is 2. The molecule has 0 saturated heterocycles. The van der Waals surface area contributed by atoms with Crippen LogP contribution < -0.4 is 9.62 Å². The molecule has 1 fully saturated rings. The molecule has 212 valence electrons. The molecule has 1 N–H and O–H groups in total. The van der Waals surface area contributed by atoms with Crippen molar-refractivity contribution in [3.63, 3.8) is 0 Å². The molecule has 0 aliphatic heterocycles. The Hall–Kier alpha value is -3.07. The normalized spacial score (nSPS) is 14.5. The van der Waals surface area contributed by atoms with Crippen molar-refractivity contribution in [2.45, 2.75) is 63.1 Å². The van der Waals surface area contributed by atoms with Gasteiger partial charge in [0.2, 0.25) is 11.8 Å². The zero-order valence-electron chi connectivity index (χ0n) is 22.5. The highest BCUT2D eigenvalue weighted by molar-refractivity contribution is 7.92. The third kappa shape index (κ3) is 7.16. The maximum absolute atomic E-state index is 14.0. The van der Waals surface area contributed by atoms with Crippen molar-refractivity contribution in [3.05, 3.63) is 94.0 Å². The van der Waals surface area contributed by atoms with Gasteiger partial charge in [-0.1, -0.05) is 78.0 Å². The molecule has 0 radical (unpaired) electrons. The van der Waals surface area contributed by atoms with Gasteiger partial charge >= 0.3 is 0 Å². The monoisotopic (exact) mass is 601 g/mol. The molecule has 0 unspecified atom stereocenters. The van der Waals surface area contributed by atoms with Gasteiger partial charge in [-0.3, -0.25) is 13.9 Å². The quantitative estimate of drug-likeness (QED) is 0.310. The van der Waals surface area contributed by atoms with Crippen molar-refractivity contribution in [3.8, 4) is 0 Å². The van der Waals surface area contributed by atoms with Crippen LogP contribution in [0.1, 0.15) is 43.7 Å². The van der Waals surface area contributed by atoms with E-state index < -0.39 is 28.5 Å². The molecule has 3 aromatic rings. The number of carbonyl (C=O) groups is 2. The highest BCUT2D eigenvalue weighted by atomic mass is 35.5. The first-order valence-electron chi connectivity index (χ1n) is 13.2. The van der Waals surface area contributed by atoms with Gasteiger partial charge in [0.25, 0.3) is 10.0 Å². The van der Waals surface area contributed by atoms with Gasteiger partial charge in [0.1, 0.15) is 12.6 Å². The summed E-state index contributed by atoms with van der Waals surface area (Å²) >= 11 is 12.3. The molecule has 10 heteroatoms. The SMILES string of the molecule is Cc1ccc(N(CC(=O)N(Cc2ccc(Cl)c(Cl)c2)[C@H](C)C(=O)NC2CCCC2)S(=O)(=O)c2ccccc2)cc1. The van der Waals surface area contributed by atoms with E-state index in [4.69, 9.17) is 23.2 Å². The van der Waals surface area contributed by atoms with E-state index in [1.165, 1.54) is 17.0 Å². The summed E-state index contributed by atoms with van der Waals surface area (Å²) in [4.78, 5) is 28.7. The molecule has 4 rings (SSSR count). The van der Waals surface area contributed by atoms with Crippen LogP contribution in [0.25, 0.3) is 0 Å². The first-order chi connectivity index (χ1) is 19.1. The topological polar surface area (TPSA) is 86.8 Å². The Labute approximate surface area is 246 Å². The largest absolute Gasteiger partial charge is 0.352 e. The van der Waals surface area contributed by atoms with Crippen LogP contribution in [-0.2, 0) is 26.2 Å². The Morgan fingerprint density at radius 2 is 1.60 bits per heavy atom. The first-order valence-corrected chi connectivity index (χ1v) is 15.4. The third-order valence-corrected chi connectivity index (χ3v) is 9.66. The van der Waals surface area contributed by atoms with E-state index in [1.807, 2.05) is 6.92 Å². The van der Waals surface area contributed by atoms with Crippen molar-refractivity contribution in [1.29, 1.82) is 0 Å². The molecule has 1 aliphatic rings. The molecule has 2 amide bonds. The molecular weight excluding hydrogens is 569 g/mol. The van der Waals surface area contributed by atoms with Crippen molar-refractivity contribution < 1.29 is 18.0 Å². The zero-order valence-corrected chi connectivity index (χ0v) is 24.8. The molecule has 1 saturated carbocycles. The Morgan fingerprint density at radius 1 is 0.950 bits per heavy atom. The fourth-order valence-corrected chi connectivity index (χ4v) is 6.52. The van der Waals surface area contributed by atoms with Gasteiger partial charge in [-0.25, -0.2) is 8.42 Å². The number of anilines is 1. The van der Waals surface area contributed by atoms with E-state index in [2.05, 4.69) is 5.32 Å². The summed E-state index contributed by atoms with van der Waals surface area (Å²) in [6.07, 6.45) is 3.90. The fourth-order valence-electron chi connectivity index (χ4n) is 4.77. The molecule has 0 spiro atoms. The number of nitrogens with zero attached hydrogens (tertiary/aromatic N) is 2. The van der Waals surface area contributed by atoms with Crippen LogP contribution in [0.3, 0.4) is 0 Å². The van der Waals surface area contributed by atoms with Crippen LogP contribution >= 0.6 is 23.2 Å². The van der Waals surface area contributed by atoms with Crippen LogP contribution in [0.4, 0.5) is 5.69 Å². The fraction of sp³-hybridized carbons (Fsp3) is 0.333. The standard InChI is InChI=1S/C30H33Cl2N3O4S/c1-21-12-15-25(16-13-21)35(40(38,39)26-10-4-3-5-11-26)20-29(36)34(19-23-14-17-27(31)28(32)18-23)22(2)30(37)33-24-8-6-7-9-24/h3-5,10-18,22,24H,6-9,19-20H2,1-2H3,(H,33,37)/t22-/m1/s1. The van der Waals surface area contributed by atoms with Crippen LogP contribution in [0.15, 0.2) is 77.7 Å². The molecule has 0 heterocycles. The average molecular weight is 603 g/mol. The molecule has 0 bridgehead atoms. The Morgan fingerprint density at radius 3 is 2.23 bits per heavy atom. The lowest BCUT2D eigenvalue weighted by Gasteiger charge is -2.32. The Kier molecular flexibility index (Phi) is 9.77. The summed E-state index contributed by atoms with van der Waals surface area (Å²) < 4.78 is 28.7. The molecule has 40 heavy (non-hydrogen) atoms. The van der Waals surface area contributed by atoms with Crippen molar-refractivity contribution in [1.82, 2.24) is 10.2 Å². The summed E-state index contributed by atoms with van der Waals surface area (Å²) in [5.41, 5.74) is 1.96. The van der Waals surface area contributed by atoms with Gasteiger partial charge in [-0.15, -0.1) is 0 Å². The number of benzene rings is 3. The third-order valence-electron chi connectivity index (χ3n) is 7.14. The second kappa shape index (κ2) is 13.1. The summed E-state index contributed by atoms with van der Waals surface area (Å²) in [6, 6.07) is 19.1. The lowest BCUT2D eigenvalue weighted by Crippen LogP contribution is -2.52. The molecule has 0 aromatic heterocycles. The van der Waals surface area contributed by atoms with Crippen LogP contribution in [0, 0.1) is 6.92 Å². The number of halogens is 2. The van der Waals surface area contributed by atoms with Gasteiger partial charge in [-0.05, 0) is 68.7 Å². The molecule has 3 aromatic carbocycles. The molecule has 7 nitrogen and oxygen atoms in total. The summed E-state index contributed by atoms with van der Waals surface area (Å²) in [5.74, 6) is -0.812. The zero-order chi connectivity index (χ0) is 28.9. The molecule has 1 aliphatic carbocycles. The predicted molar refractivity (Wildman–Crippen MR) is 159 cm³/mol. The van der Waals surface area contributed by atoms with E-state index in [0.717, 1.165) is 35.6 Å². The number of carbonyl (C=O) groups excluding carboxylic acids is 2. The highest BCUT2D eigenvalue weighted by Gasteiger charge is 2.33. The second-order valence-corrected chi connectivity index (χ2v) is 12.8. The Bertz CT molecular complexity index is 1440. The van der Waals surface area contributed by atoms with Gasteiger partial charge in [-0.2, -0.15) is 0 Å². The maximum Gasteiger partial charge on any atom is 0.264 e. The number of aryl methyl sites for hydroxylation is 1. The summed E-state index contributed by atoms with van der Waals surface area (Å²) in [5, 5.41) is 3.75. The number of sulfonamides is 1. The van der Waals surface area contributed by atoms with Crippen molar-refractivity contribution in [2.75, 3.05) is 10.8 Å². The van der Waals surface area contributed by atoms with E-state index in [1.54, 1.807) is 67.6 Å². The van der Waals surface area contributed by atoms with Crippen molar-refractivity contribution in [2.24, 2.45) is 0 Å². The maximum atomic E-state index is 14.0. The van der Waals surface area contributed by atoms with Crippen LogP contribution in [0.2, 0.25) is 10.0 Å². The van der Waals surface area contributed by atoms with Gasteiger partial charge in [0.15, 0.2) is 0 Å². The summed E-state index contributed by atoms with van der Waals surface area (Å²) in [7, 11) is -4.10. The number of nitrogens with one attached hydrogen (secondary N) is 1. The molecular formula is C30H33Cl2N3O4S. The van der Waals surface area contributed by atoms with E-state index in [0.29, 0.717) is 21.3 Å². The first kappa shape index (κ1) is 29.9. The molecule has 1 atom stereocenters. The highest BCUT2D eigenvalue weighted by Crippen LogP contribution is 2.27. The predicted octanol–water partition coefficient (Wildman–Crippen LogP) is 5.97. The van der Waals surface area contributed by atoms with Gasteiger partial charge in [0.05, 0.1) is 20.6 Å². The average Bonchev–Trinajstić information content (AvgIpc) is 3.46. The second-order valence-electron chi connectivity index (χ2n) is 10.1. The number of rotatable bonds is 10. The number of hydrogen-bond acceptors (Lipinski definition) is 4. The minimum Gasteiger partial charge on any atom is -0.352 e. The van der Waals surface area contributed by atoms with E-state index >= 15 is 0 Å². The smallest absolute Gasteiger partial charge is 0.264 e. The van der Waals surface area contributed by atoms with E-state index in [-0.39, 0.29) is 23.4 Å². The van der Waals surface area contributed by atoms with Crippen molar-refractivity contribution >= 4 is 50.7 Å². The summed E-state index contributed by atoms with van der Waals surface area (Å²) in [6.45, 7) is 3.10. The lowest BCUT2D eigenvalue weighted by molar-refractivity contribution is -0.139. The van der Waals surface area contributed by atoms with Gasteiger partial charge < -0.3 is 10.2 Å². The van der Waals surface area contributed by atoms with Gasteiger partial charge in [0, 0.05) is 12.6 Å². The minimum absolute atomic E-state index is 0.0437. The lowest BCUT2D eigenvalue weighted by atomic mass is 10.1. The van der Waals surface area contributed by atoms with Crippen LogP contribution in [-0.4, -0.2) is 43.8 Å². The van der Waals surface area contributed by atoms with Crippen LogP contribution in [0.5, 0.6) is 0 Å². The Balaban J connectivity index is 1.68. The number of hydrogen-bond donors (Lipinski definition) is 1.